The summed E-state index contributed by atoms with van der Waals surface area (Å²) in [7, 11) is 3.19. The predicted molar refractivity (Wildman–Crippen MR) is 137 cm³/mol. The van der Waals surface area contributed by atoms with Gasteiger partial charge in [0.2, 0.25) is 0 Å². The summed E-state index contributed by atoms with van der Waals surface area (Å²) >= 11 is 0. The van der Waals surface area contributed by atoms with E-state index in [9.17, 15) is 9.59 Å². The minimum absolute atomic E-state index is 0.226. The number of carbonyl (C=O) groups is 2. The summed E-state index contributed by atoms with van der Waals surface area (Å²) in [6, 6.07) is 23.1. The van der Waals surface area contributed by atoms with Gasteiger partial charge in [-0.3, -0.25) is 9.59 Å². The van der Waals surface area contributed by atoms with Crippen molar-refractivity contribution >= 4 is 40.0 Å². The highest BCUT2D eigenvalue weighted by atomic mass is 16.5. The zero-order chi connectivity index (χ0) is 24.5. The highest BCUT2D eigenvalue weighted by Crippen LogP contribution is 2.40. The van der Waals surface area contributed by atoms with E-state index in [1.807, 2.05) is 48.5 Å². The Bertz CT molecular complexity index is 1440. The lowest BCUT2D eigenvalue weighted by atomic mass is 9.81. The van der Waals surface area contributed by atoms with Gasteiger partial charge in [0, 0.05) is 22.6 Å². The van der Waals surface area contributed by atoms with Crippen LogP contribution >= 0.6 is 0 Å². The van der Waals surface area contributed by atoms with E-state index in [2.05, 4.69) is 10.6 Å². The molecule has 0 atom stereocenters. The molecular formula is C28H23N3O4. The number of methoxy groups -OCH3 is 2. The molecule has 174 valence electrons. The van der Waals surface area contributed by atoms with Gasteiger partial charge < -0.3 is 25.8 Å². The molecule has 1 aliphatic rings. The van der Waals surface area contributed by atoms with Crippen LogP contribution in [0.1, 0.15) is 31.8 Å². The summed E-state index contributed by atoms with van der Waals surface area (Å²) < 4.78 is 10.4. The van der Waals surface area contributed by atoms with Gasteiger partial charge >= 0.3 is 0 Å². The molecule has 0 aliphatic heterocycles. The van der Waals surface area contributed by atoms with Gasteiger partial charge in [-0.15, -0.1) is 0 Å². The summed E-state index contributed by atoms with van der Waals surface area (Å²) in [6.07, 6.45) is 0. The van der Waals surface area contributed by atoms with E-state index in [-0.39, 0.29) is 28.4 Å². The minimum Gasteiger partial charge on any atom is -0.497 e. The van der Waals surface area contributed by atoms with Crippen molar-refractivity contribution in [2.75, 3.05) is 30.6 Å². The maximum absolute atomic E-state index is 13.7. The first-order chi connectivity index (χ1) is 17.0. The number of nitrogen functional groups attached to an aromatic ring is 1. The smallest absolute Gasteiger partial charge is 0.198 e. The lowest BCUT2D eigenvalue weighted by molar-refractivity contribution is 0.0981. The molecule has 7 heteroatoms. The van der Waals surface area contributed by atoms with E-state index in [1.165, 1.54) is 0 Å². The van der Waals surface area contributed by atoms with Gasteiger partial charge in [-0.1, -0.05) is 12.1 Å². The minimum atomic E-state index is -0.304. The Morgan fingerprint density at radius 3 is 1.57 bits per heavy atom. The molecular weight excluding hydrogens is 442 g/mol. The summed E-state index contributed by atoms with van der Waals surface area (Å²) in [6.45, 7) is 0. The highest BCUT2D eigenvalue weighted by Gasteiger charge is 2.35. The van der Waals surface area contributed by atoms with Crippen LogP contribution in [0, 0.1) is 0 Å². The first-order valence-corrected chi connectivity index (χ1v) is 11.0. The molecule has 0 radical (unpaired) electrons. The van der Waals surface area contributed by atoms with Gasteiger partial charge in [0.25, 0.3) is 0 Å². The zero-order valence-electron chi connectivity index (χ0n) is 19.2. The summed E-state index contributed by atoms with van der Waals surface area (Å²) in [5.41, 5.74) is 10.0. The number of hydrogen-bond acceptors (Lipinski definition) is 7. The Balaban J connectivity index is 1.63. The number of carbonyl (C=O) groups excluding carboxylic acids is 2. The van der Waals surface area contributed by atoms with E-state index in [0.29, 0.717) is 34.0 Å². The topological polar surface area (TPSA) is 103 Å². The van der Waals surface area contributed by atoms with Crippen LogP contribution in [0.5, 0.6) is 11.5 Å². The Morgan fingerprint density at radius 1 is 0.600 bits per heavy atom. The highest BCUT2D eigenvalue weighted by molar-refractivity contribution is 6.33. The fourth-order valence-electron chi connectivity index (χ4n) is 4.21. The van der Waals surface area contributed by atoms with Gasteiger partial charge in [0.15, 0.2) is 11.6 Å². The number of ketones is 2. The average molecular weight is 466 g/mol. The van der Waals surface area contributed by atoms with Gasteiger partial charge in [-0.05, 0) is 66.7 Å². The number of rotatable bonds is 6. The molecule has 0 bridgehead atoms. The molecule has 0 heterocycles. The van der Waals surface area contributed by atoms with Crippen LogP contribution in [0.3, 0.4) is 0 Å². The molecule has 0 aromatic heterocycles. The molecule has 4 aromatic rings. The largest absolute Gasteiger partial charge is 0.497 e. The van der Waals surface area contributed by atoms with Crippen molar-refractivity contribution in [2.45, 2.75) is 0 Å². The lowest BCUT2D eigenvalue weighted by Gasteiger charge is -2.25. The average Bonchev–Trinajstić information content (AvgIpc) is 2.88. The molecule has 0 spiro atoms. The second-order valence-electron chi connectivity index (χ2n) is 8.05. The third kappa shape index (κ3) is 3.93. The van der Waals surface area contributed by atoms with E-state index in [1.54, 1.807) is 44.6 Å². The van der Waals surface area contributed by atoms with Gasteiger partial charge in [0.1, 0.15) is 11.5 Å². The molecule has 0 saturated carbocycles. The molecule has 0 amide bonds. The van der Waals surface area contributed by atoms with E-state index >= 15 is 0 Å². The van der Waals surface area contributed by atoms with Crippen molar-refractivity contribution in [2.24, 2.45) is 0 Å². The number of nitrogens with one attached hydrogen (secondary N) is 2. The standard InChI is InChI=1S/C28H23N3O4/c1-34-18-10-6-16(7-11-18)30-22-14-15-23(31-17-8-12-19(35-2)13-9-17)26-25(22)27(32)20-4-3-5-21(29)24(20)28(26)33/h3-15,30-31H,29H2,1-2H3. The maximum atomic E-state index is 13.7. The molecule has 0 fully saturated rings. The Hall–Kier alpha value is -4.78. The fraction of sp³-hybridized carbons (Fsp3) is 0.0714. The van der Waals surface area contributed by atoms with Crippen LogP contribution in [0.2, 0.25) is 0 Å². The van der Waals surface area contributed by atoms with Crippen LogP contribution in [0.15, 0.2) is 78.9 Å². The Morgan fingerprint density at radius 2 is 1.09 bits per heavy atom. The summed E-state index contributed by atoms with van der Waals surface area (Å²) in [5, 5.41) is 6.56. The van der Waals surface area contributed by atoms with Crippen molar-refractivity contribution < 1.29 is 19.1 Å². The molecule has 35 heavy (non-hydrogen) atoms. The van der Waals surface area contributed by atoms with Gasteiger partial charge in [-0.2, -0.15) is 0 Å². The van der Waals surface area contributed by atoms with E-state index < -0.39 is 0 Å². The molecule has 0 saturated heterocycles. The van der Waals surface area contributed by atoms with Crippen LogP contribution in [0.25, 0.3) is 0 Å². The van der Waals surface area contributed by atoms with Crippen LogP contribution in [-0.4, -0.2) is 25.8 Å². The number of fused-ring (bicyclic) bond motifs is 2. The maximum Gasteiger partial charge on any atom is 0.198 e. The monoisotopic (exact) mass is 465 g/mol. The number of benzene rings is 4. The molecule has 1 aliphatic carbocycles. The zero-order valence-corrected chi connectivity index (χ0v) is 19.2. The molecule has 4 N–H and O–H groups in total. The molecule has 5 rings (SSSR count). The van der Waals surface area contributed by atoms with Crippen LogP contribution < -0.4 is 25.8 Å². The molecule has 0 unspecified atom stereocenters. The normalized spacial score (nSPS) is 11.9. The van der Waals surface area contributed by atoms with Crippen LogP contribution in [-0.2, 0) is 0 Å². The van der Waals surface area contributed by atoms with Crippen molar-refractivity contribution in [1.29, 1.82) is 0 Å². The Labute approximate surface area is 202 Å². The van der Waals surface area contributed by atoms with E-state index in [0.717, 1.165) is 11.4 Å². The summed E-state index contributed by atoms with van der Waals surface area (Å²) in [5.74, 6) is 0.857. The predicted octanol–water partition coefficient (Wildman–Crippen LogP) is 5.55. The second kappa shape index (κ2) is 8.87. The number of ether oxygens (including phenoxy) is 2. The van der Waals surface area contributed by atoms with Crippen molar-refractivity contribution in [1.82, 2.24) is 0 Å². The Kier molecular flexibility index (Phi) is 5.58. The second-order valence-corrected chi connectivity index (χ2v) is 8.05. The quantitative estimate of drug-likeness (QED) is 0.283. The first kappa shape index (κ1) is 22.0. The van der Waals surface area contributed by atoms with Gasteiger partial charge in [-0.25, -0.2) is 0 Å². The molecule has 4 aromatic carbocycles. The fourth-order valence-corrected chi connectivity index (χ4v) is 4.21. The van der Waals surface area contributed by atoms with Crippen molar-refractivity contribution in [3.63, 3.8) is 0 Å². The van der Waals surface area contributed by atoms with Crippen molar-refractivity contribution in [3.8, 4) is 11.5 Å². The third-order valence-corrected chi connectivity index (χ3v) is 5.97. The summed E-state index contributed by atoms with van der Waals surface area (Å²) in [4.78, 5) is 27.4. The number of nitrogens with two attached hydrogens (primary N) is 1. The SMILES string of the molecule is COc1ccc(Nc2ccc(Nc3ccc(OC)cc3)c3c2C(=O)c2cccc(N)c2C3=O)cc1. The first-order valence-electron chi connectivity index (χ1n) is 11.0. The van der Waals surface area contributed by atoms with Crippen LogP contribution in [0.4, 0.5) is 28.4 Å². The lowest BCUT2D eigenvalue weighted by Crippen LogP contribution is -2.24. The number of hydrogen-bond donors (Lipinski definition) is 3. The van der Waals surface area contributed by atoms with Gasteiger partial charge in [0.05, 0.1) is 42.3 Å². The number of anilines is 5. The van der Waals surface area contributed by atoms with E-state index in [4.69, 9.17) is 15.2 Å². The third-order valence-electron chi connectivity index (χ3n) is 5.97. The molecule has 7 nitrogen and oxygen atoms in total. The van der Waals surface area contributed by atoms with Crippen molar-refractivity contribution in [3.05, 3.63) is 101 Å².